The predicted octanol–water partition coefficient (Wildman–Crippen LogP) is 3.56. The Bertz CT molecular complexity index is 557. The number of amides is 1. The van der Waals surface area contributed by atoms with E-state index < -0.39 is 0 Å². The summed E-state index contributed by atoms with van der Waals surface area (Å²) in [5.41, 5.74) is 1.49. The number of carbonyl (C=O) groups excluding carboxylic acids is 1. The van der Waals surface area contributed by atoms with Crippen LogP contribution in [-0.4, -0.2) is 5.91 Å². The molecule has 2 aromatic carbocycles. The largest absolute Gasteiger partial charge is 0.348 e. The maximum absolute atomic E-state index is 12.0. The Kier molecular flexibility index (Phi) is 4.28. The molecule has 4 heteroatoms. The molecule has 0 bridgehead atoms. The molecule has 0 unspecified atom stereocenters. The minimum atomic E-state index is -0.195. The van der Waals surface area contributed by atoms with Gasteiger partial charge in [-0.05, 0) is 23.8 Å². The Morgan fingerprint density at radius 1 is 1.17 bits per heavy atom. The van der Waals surface area contributed by atoms with Gasteiger partial charge in [-0.2, -0.15) is 0 Å². The number of carbonyl (C=O) groups is 1. The maximum atomic E-state index is 12.0. The monoisotopic (exact) mass is 277 g/mol. The van der Waals surface area contributed by atoms with Crippen molar-refractivity contribution in [1.29, 1.82) is 0 Å². The van der Waals surface area contributed by atoms with Gasteiger partial charge in [0.25, 0.3) is 5.91 Å². The summed E-state index contributed by atoms with van der Waals surface area (Å²) < 4.78 is 0. The highest BCUT2D eigenvalue weighted by atomic mass is 35.5. The Balaban J connectivity index is 2.06. The van der Waals surface area contributed by atoms with Gasteiger partial charge >= 0.3 is 0 Å². The summed E-state index contributed by atoms with van der Waals surface area (Å²) in [6.07, 6.45) is 0. The molecule has 0 aromatic heterocycles. The second-order valence-electron chi connectivity index (χ2n) is 3.83. The van der Waals surface area contributed by atoms with Crippen LogP contribution in [0.2, 0.25) is 5.02 Å². The molecule has 92 valence electrons. The molecule has 0 fully saturated rings. The summed E-state index contributed by atoms with van der Waals surface area (Å²) >= 11 is 10.2. The lowest BCUT2D eigenvalue weighted by Gasteiger charge is -2.07. The number of thiol groups is 1. The second kappa shape index (κ2) is 5.94. The van der Waals surface area contributed by atoms with E-state index >= 15 is 0 Å². The van der Waals surface area contributed by atoms with E-state index in [-0.39, 0.29) is 5.91 Å². The summed E-state index contributed by atoms with van der Waals surface area (Å²) in [6.45, 7) is 0.479. The van der Waals surface area contributed by atoms with E-state index in [4.69, 9.17) is 11.6 Å². The number of nitrogens with one attached hydrogen (secondary N) is 1. The maximum Gasteiger partial charge on any atom is 0.253 e. The zero-order valence-corrected chi connectivity index (χ0v) is 11.2. The number of benzene rings is 2. The van der Waals surface area contributed by atoms with Crippen LogP contribution < -0.4 is 5.32 Å². The number of hydrogen-bond acceptors (Lipinski definition) is 2. The third kappa shape index (κ3) is 3.28. The topological polar surface area (TPSA) is 29.1 Å². The summed E-state index contributed by atoms with van der Waals surface area (Å²) in [6, 6.07) is 14.8. The van der Waals surface area contributed by atoms with Crippen molar-refractivity contribution in [3.05, 3.63) is 64.7 Å². The first kappa shape index (κ1) is 13.0. The smallest absolute Gasteiger partial charge is 0.253 e. The fourth-order valence-electron chi connectivity index (χ4n) is 1.56. The van der Waals surface area contributed by atoms with Crippen LogP contribution in [0.1, 0.15) is 15.9 Å². The Hall–Kier alpha value is -1.45. The average molecular weight is 278 g/mol. The predicted molar refractivity (Wildman–Crippen MR) is 76.3 cm³/mol. The minimum absolute atomic E-state index is 0.195. The molecule has 18 heavy (non-hydrogen) atoms. The van der Waals surface area contributed by atoms with Gasteiger partial charge in [0.1, 0.15) is 0 Å². The van der Waals surface area contributed by atoms with Crippen LogP contribution in [0.15, 0.2) is 53.4 Å². The van der Waals surface area contributed by atoms with Crippen LogP contribution in [0.25, 0.3) is 0 Å². The summed E-state index contributed by atoms with van der Waals surface area (Å²) in [4.78, 5) is 12.7. The first-order valence-electron chi connectivity index (χ1n) is 5.47. The molecular weight excluding hydrogens is 266 g/mol. The van der Waals surface area contributed by atoms with E-state index in [1.165, 1.54) is 0 Å². The molecule has 0 aliphatic rings. The second-order valence-corrected chi connectivity index (χ2v) is 4.76. The molecule has 0 aliphatic heterocycles. The van der Waals surface area contributed by atoms with Crippen molar-refractivity contribution in [3.8, 4) is 0 Å². The van der Waals surface area contributed by atoms with E-state index in [1.807, 2.05) is 30.3 Å². The van der Waals surface area contributed by atoms with Crippen LogP contribution in [0.4, 0.5) is 0 Å². The molecule has 1 amide bonds. The molecule has 0 saturated carbocycles. The van der Waals surface area contributed by atoms with E-state index in [0.717, 1.165) is 5.56 Å². The van der Waals surface area contributed by atoms with E-state index in [2.05, 4.69) is 17.9 Å². The minimum Gasteiger partial charge on any atom is -0.348 e. The van der Waals surface area contributed by atoms with E-state index in [1.54, 1.807) is 18.2 Å². The summed E-state index contributed by atoms with van der Waals surface area (Å²) in [5, 5.41) is 3.25. The zero-order chi connectivity index (χ0) is 13.0. The number of rotatable bonds is 3. The Labute approximate surface area is 116 Å². The lowest BCUT2D eigenvalue weighted by Crippen LogP contribution is -2.23. The summed E-state index contributed by atoms with van der Waals surface area (Å²) in [5.74, 6) is -0.195. The molecule has 0 saturated heterocycles. The van der Waals surface area contributed by atoms with Gasteiger partial charge in [0.05, 0.1) is 10.6 Å². The van der Waals surface area contributed by atoms with Gasteiger partial charge in [0.2, 0.25) is 0 Å². The number of halogens is 1. The average Bonchev–Trinajstić information content (AvgIpc) is 2.40. The van der Waals surface area contributed by atoms with Crippen molar-refractivity contribution in [2.75, 3.05) is 0 Å². The molecule has 2 rings (SSSR count). The van der Waals surface area contributed by atoms with Gasteiger partial charge in [-0.15, -0.1) is 12.6 Å². The highest BCUT2D eigenvalue weighted by Gasteiger charge is 2.10. The van der Waals surface area contributed by atoms with Crippen LogP contribution >= 0.6 is 24.2 Å². The molecule has 2 nitrogen and oxygen atoms in total. The third-order valence-electron chi connectivity index (χ3n) is 2.49. The van der Waals surface area contributed by atoms with Crippen molar-refractivity contribution < 1.29 is 4.79 Å². The SMILES string of the molecule is O=C(NCc1ccccc1)c1cc(S)ccc1Cl. The molecule has 0 aliphatic carbocycles. The van der Waals surface area contributed by atoms with Crippen molar-refractivity contribution in [3.63, 3.8) is 0 Å². The number of hydrogen-bond donors (Lipinski definition) is 2. The van der Waals surface area contributed by atoms with Crippen LogP contribution in [0.5, 0.6) is 0 Å². The van der Waals surface area contributed by atoms with E-state index in [9.17, 15) is 4.79 Å². The molecule has 1 N–H and O–H groups in total. The van der Waals surface area contributed by atoms with Gasteiger partial charge in [0.15, 0.2) is 0 Å². The van der Waals surface area contributed by atoms with E-state index in [0.29, 0.717) is 22.0 Å². The molecule has 0 spiro atoms. The van der Waals surface area contributed by atoms with Crippen molar-refractivity contribution in [1.82, 2.24) is 5.32 Å². The van der Waals surface area contributed by atoms with Gasteiger partial charge in [0, 0.05) is 11.4 Å². The Morgan fingerprint density at radius 2 is 1.89 bits per heavy atom. The third-order valence-corrected chi connectivity index (χ3v) is 3.10. The first-order chi connectivity index (χ1) is 8.66. The normalized spacial score (nSPS) is 10.1. The Morgan fingerprint density at radius 3 is 2.61 bits per heavy atom. The standard InChI is InChI=1S/C14H12ClNOS/c15-13-7-6-11(18)8-12(13)14(17)16-9-10-4-2-1-3-5-10/h1-8,18H,9H2,(H,16,17). The highest BCUT2D eigenvalue weighted by molar-refractivity contribution is 7.80. The molecule has 0 heterocycles. The lowest BCUT2D eigenvalue weighted by atomic mass is 10.2. The van der Waals surface area contributed by atoms with Gasteiger partial charge < -0.3 is 5.32 Å². The fraction of sp³-hybridized carbons (Fsp3) is 0.0714. The van der Waals surface area contributed by atoms with Crippen molar-refractivity contribution in [2.24, 2.45) is 0 Å². The summed E-state index contributed by atoms with van der Waals surface area (Å²) in [7, 11) is 0. The molecule has 2 aromatic rings. The van der Waals surface area contributed by atoms with Crippen molar-refractivity contribution >= 4 is 30.1 Å². The van der Waals surface area contributed by atoms with Crippen LogP contribution in [-0.2, 0) is 6.54 Å². The highest BCUT2D eigenvalue weighted by Crippen LogP contribution is 2.19. The van der Waals surface area contributed by atoms with Gasteiger partial charge in [-0.3, -0.25) is 4.79 Å². The lowest BCUT2D eigenvalue weighted by molar-refractivity contribution is 0.0951. The fourth-order valence-corrected chi connectivity index (χ4v) is 1.97. The van der Waals surface area contributed by atoms with Crippen molar-refractivity contribution in [2.45, 2.75) is 11.4 Å². The molecule has 0 atom stereocenters. The quantitative estimate of drug-likeness (QED) is 0.826. The van der Waals surface area contributed by atoms with Crippen LogP contribution in [0.3, 0.4) is 0 Å². The van der Waals surface area contributed by atoms with Gasteiger partial charge in [-0.1, -0.05) is 41.9 Å². The first-order valence-corrected chi connectivity index (χ1v) is 6.30. The molecule has 0 radical (unpaired) electrons. The van der Waals surface area contributed by atoms with Gasteiger partial charge in [-0.25, -0.2) is 0 Å². The molecular formula is C14H12ClNOS. The zero-order valence-electron chi connectivity index (χ0n) is 9.56. The van der Waals surface area contributed by atoms with Crippen LogP contribution in [0, 0.1) is 0 Å².